The number of rotatable bonds is 3. The Bertz CT molecular complexity index is 338. The fourth-order valence-electron chi connectivity index (χ4n) is 2.09. The first-order valence-electron chi connectivity index (χ1n) is 6.07. The van der Waals surface area contributed by atoms with E-state index < -0.39 is 0 Å². The third-order valence-electron chi connectivity index (χ3n) is 2.97. The molecule has 0 aliphatic carbocycles. The summed E-state index contributed by atoms with van der Waals surface area (Å²) in [6.07, 6.45) is 1.24. The van der Waals surface area contributed by atoms with Gasteiger partial charge in [-0.2, -0.15) is 0 Å². The summed E-state index contributed by atoms with van der Waals surface area (Å²) < 4.78 is 0. The van der Waals surface area contributed by atoms with Crippen molar-refractivity contribution in [3.05, 3.63) is 21.9 Å². The number of nitrogens with one attached hydrogen (secondary N) is 1. The molecule has 0 saturated heterocycles. The molecule has 1 aromatic heterocycles. The fraction of sp³-hybridized carbons (Fsp3) is 0.692. The highest BCUT2D eigenvalue weighted by atomic mass is 32.1. The molecule has 16 heavy (non-hydrogen) atoms. The van der Waals surface area contributed by atoms with E-state index in [1.54, 1.807) is 10.4 Å². The number of hydrogen-bond donors (Lipinski definition) is 1. The van der Waals surface area contributed by atoms with E-state index in [1.165, 1.54) is 13.0 Å². The van der Waals surface area contributed by atoms with Crippen LogP contribution in [0.3, 0.4) is 0 Å². The van der Waals surface area contributed by atoms with E-state index in [-0.39, 0.29) is 5.54 Å². The van der Waals surface area contributed by atoms with Gasteiger partial charge in [0.25, 0.3) is 0 Å². The third-order valence-corrected chi connectivity index (χ3v) is 3.99. The van der Waals surface area contributed by atoms with Gasteiger partial charge in [-0.15, -0.1) is 11.3 Å². The Balaban J connectivity index is 1.77. The molecule has 0 radical (unpaired) electrons. The molecule has 2 nitrogen and oxygen atoms in total. The zero-order valence-electron chi connectivity index (χ0n) is 10.5. The van der Waals surface area contributed by atoms with Gasteiger partial charge in [0.2, 0.25) is 0 Å². The third kappa shape index (κ3) is 3.30. The van der Waals surface area contributed by atoms with Gasteiger partial charge in [-0.25, -0.2) is 0 Å². The maximum Gasteiger partial charge on any atom is 0.0245 e. The molecule has 1 N–H and O–H groups in total. The lowest BCUT2D eigenvalue weighted by Gasteiger charge is -2.28. The molecule has 0 amide bonds. The summed E-state index contributed by atoms with van der Waals surface area (Å²) in [5.41, 5.74) is 1.79. The number of fused-ring (bicyclic) bond motifs is 1. The topological polar surface area (TPSA) is 15.3 Å². The molecule has 0 spiro atoms. The highest BCUT2D eigenvalue weighted by Crippen LogP contribution is 2.23. The van der Waals surface area contributed by atoms with E-state index >= 15 is 0 Å². The zero-order chi connectivity index (χ0) is 11.6. The van der Waals surface area contributed by atoms with Crippen molar-refractivity contribution in [2.75, 3.05) is 19.6 Å². The first-order valence-corrected chi connectivity index (χ1v) is 6.95. The van der Waals surface area contributed by atoms with Gasteiger partial charge in [0, 0.05) is 36.6 Å². The highest BCUT2D eigenvalue weighted by molar-refractivity contribution is 7.10. The molecule has 0 bridgehead atoms. The lowest BCUT2D eigenvalue weighted by molar-refractivity contribution is 0.245. The zero-order valence-corrected chi connectivity index (χ0v) is 11.4. The minimum atomic E-state index is 0.239. The van der Waals surface area contributed by atoms with E-state index in [0.717, 1.165) is 19.6 Å². The van der Waals surface area contributed by atoms with Gasteiger partial charge >= 0.3 is 0 Å². The van der Waals surface area contributed by atoms with Crippen molar-refractivity contribution in [3.63, 3.8) is 0 Å². The SMILES string of the molecule is CC(C)(C)NCCN1CCc2sccc2C1. The predicted molar refractivity (Wildman–Crippen MR) is 71.1 cm³/mol. The minimum absolute atomic E-state index is 0.239. The molecule has 0 saturated carbocycles. The molecular weight excluding hydrogens is 216 g/mol. The molecule has 1 aromatic rings. The standard InChI is InChI=1S/C13H22N2S/c1-13(2,3)14-6-8-15-7-4-12-11(10-15)5-9-16-12/h5,9,14H,4,6-8,10H2,1-3H3. The second-order valence-corrected chi connectivity index (χ2v) is 6.57. The van der Waals surface area contributed by atoms with E-state index in [9.17, 15) is 0 Å². The van der Waals surface area contributed by atoms with Crippen LogP contribution in [-0.2, 0) is 13.0 Å². The minimum Gasteiger partial charge on any atom is -0.311 e. The van der Waals surface area contributed by atoms with Crippen molar-refractivity contribution in [3.8, 4) is 0 Å². The van der Waals surface area contributed by atoms with Crippen LogP contribution in [0.5, 0.6) is 0 Å². The van der Waals surface area contributed by atoms with Gasteiger partial charge in [-0.3, -0.25) is 4.90 Å². The summed E-state index contributed by atoms with van der Waals surface area (Å²) in [5, 5.41) is 5.77. The van der Waals surface area contributed by atoms with Crippen LogP contribution < -0.4 is 5.32 Å². The van der Waals surface area contributed by atoms with E-state index in [1.807, 2.05) is 11.3 Å². The van der Waals surface area contributed by atoms with E-state index in [2.05, 4.69) is 42.4 Å². The predicted octanol–water partition coefficient (Wildman–Crippen LogP) is 2.49. The number of thiophene rings is 1. The first-order chi connectivity index (χ1) is 7.54. The lowest BCUT2D eigenvalue weighted by Crippen LogP contribution is -2.42. The van der Waals surface area contributed by atoms with Crippen molar-refractivity contribution in [2.24, 2.45) is 0 Å². The Morgan fingerprint density at radius 2 is 2.25 bits per heavy atom. The largest absolute Gasteiger partial charge is 0.311 e. The monoisotopic (exact) mass is 238 g/mol. The van der Waals surface area contributed by atoms with E-state index in [0.29, 0.717) is 0 Å². The molecule has 0 fully saturated rings. The Hall–Kier alpha value is -0.380. The molecule has 0 unspecified atom stereocenters. The summed E-state index contributed by atoms with van der Waals surface area (Å²) in [6.45, 7) is 11.3. The van der Waals surface area contributed by atoms with Crippen molar-refractivity contribution >= 4 is 11.3 Å². The second-order valence-electron chi connectivity index (χ2n) is 5.57. The van der Waals surface area contributed by atoms with Crippen molar-refractivity contribution in [1.82, 2.24) is 10.2 Å². The Morgan fingerprint density at radius 3 is 3.00 bits per heavy atom. The summed E-state index contributed by atoms with van der Waals surface area (Å²) in [6, 6.07) is 2.28. The average Bonchev–Trinajstić information content (AvgIpc) is 2.62. The molecule has 1 aliphatic heterocycles. The van der Waals surface area contributed by atoms with Gasteiger partial charge in [0.05, 0.1) is 0 Å². The van der Waals surface area contributed by atoms with Gasteiger partial charge in [0.15, 0.2) is 0 Å². The van der Waals surface area contributed by atoms with Crippen LogP contribution in [0, 0.1) is 0 Å². The van der Waals surface area contributed by atoms with Crippen LogP contribution in [-0.4, -0.2) is 30.1 Å². The lowest BCUT2D eigenvalue weighted by atomic mass is 10.1. The molecule has 3 heteroatoms. The highest BCUT2D eigenvalue weighted by Gasteiger charge is 2.17. The maximum atomic E-state index is 3.55. The molecule has 0 atom stereocenters. The van der Waals surface area contributed by atoms with Crippen LogP contribution in [0.1, 0.15) is 31.2 Å². The van der Waals surface area contributed by atoms with Gasteiger partial charge < -0.3 is 5.32 Å². The van der Waals surface area contributed by atoms with Crippen molar-refractivity contribution < 1.29 is 0 Å². The molecule has 2 rings (SSSR count). The van der Waals surface area contributed by atoms with Crippen LogP contribution in [0.2, 0.25) is 0 Å². The van der Waals surface area contributed by atoms with Crippen LogP contribution in [0.25, 0.3) is 0 Å². The second kappa shape index (κ2) is 4.86. The van der Waals surface area contributed by atoms with Crippen LogP contribution in [0.15, 0.2) is 11.4 Å². The van der Waals surface area contributed by atoms with Crippen LogP contribution in [0.4, 0.5) is 0 Å². The molecule has 1 aliphatic rings. The smallest absolute Gasteiger partial charge is 0.0245 e. The quantitative estimate of drug-likeness (QED) is 0.870. The normalized spacial score (nSPS) is 17.4. The summed E-state index contributed by atoms with van der Waals surface area (Å²) in [4.78, 5) is 4.15. The maximum absolute atomic E-state index is 3.55. The number of nitrogens with zero attached hydrogens (tertiary/aromatic N) is 1. The molecule has 2 heterocycles. The molecule has 0 aromatic carbocycles. The van der Waals surface area contributed by atoms with Crippen molar-refractivity contribution in [2.45, 2.75) is 39.3 Å². The van der Waals surface area contributed by atoms with Crippen LogP contribution >= 0.6 is 11.3 Å². The summed E-state index contributed by atoms with van der Waals surface area (Å²) in [5.74, 6) is 0. The summed E-state index contributed by atoms with van der Waals surface area (Å²) >= 11 is 1.91. The van der Waals surface area contributed by atoms with Gasteiger partial charge in [-0.1, -0.05) is 0 Å². The fourth-order valence-corrected chi connectivity index (χ4v) is 2.98. The molecule has 90 valence electrons. The van der Waals surface area contributed by atoms with E-state index in [4.69, 9.17) is 0 Å². The summed E-state index contributed by atoms with van der Waals surface area (Å²) in [7, 11) is 0. The van der Waals surface area contributed by atoms with Crippen molar-refractivity contribution in [1.29, 1.82) is 0 Å². The molecular formula is C13H22N2S. The Labute approximate surface area is 103 Å². The Morgan fingerprint density at radius 1 is 1.44 bits per heavy atom. The number of hydrogen-bond acceptors (Lipinski definition) is 3. The van der Waals surface area contributed by atoms with Gasteiger partial charge in [0.1, 0.15) is 0 Å². The first kappa shape index (κ1) is 12.1. The average molecular weight is 238 g/mol. The Kier molecular flexibility index (Phi) is 3.67. The van der Waals surface area contributed by atoms with Gasteiger partial charge in [-0.05, 0) is 44.2 Å².